The molecule has 0 saturated carbocycles. The van der Waals surface area contributed by atoms with Gasteiger partial charge in [-0.1, -0.05) is 12.1 Å². The van der Waals surface area contributed by atoms with Gasteiger partial charge in [-0.25, -0.2) is 9.78 Å². The summed E-state index contributed by atoms with van der Waals surface area (Å²) in [5, 5.41) is 3.57. The molecule has 1 aromatic carbocycles. The monoisotopic (exact) mass is 407 g/mol. The Hall–Kier alpha value is -3.27. The highest BCUT2D eigenvalue weighted by Gasteiger charge is 2.36. The molecule has 0 aliphatic carbocycles. The summed E-state index contributed by atoms with van der Waals surface area (Å²) in [6.45, 7) is 1.60. The number of pyridine rings is 1. The Kier molecular flexibility index (Phi) is 5.41. The molecule has 1 N–H and O–H groups in total. The number of benzene rings is 1. The van der Waals surface area contributed by atoms with Gasteiger partial charge in [0.05, 0.1) is 16.8 Å². The quantitative estimate of drug-likeness (QED) is 0.514. The second kappa shape index (κ2) is 7.77. The number of aromatic nitrogens is 2. The molecule has 0 fully saturated rings. The zero-order chi connectivity index (χ0) is 20.3. The van der Waals surface area contributed by atoms with Crippen LogP contribution < -0.4 is 10.1 Å². The highest BCUT2D eigenvalue weighted by Crippen LogP contribution is 2.40. The van der Waals surface area contributed by atoms with Crippen LogP contribution in [0.3, 0.4) is 0 Å². The molecule has 0 radical (unpaired) electrons. The van der Waals surface area contributed by atoms with E-state index in [0.717, 1.165) is 29.5 Å². The molecule has 10 heteroatoms. The first kappa shape index (κ1) is 19.5. The lowest BCUT2D eigenvalue weighted by molar-refractivity contribution is -0.137. The van der Waals surface area contributed by atoms with Crippen molar-refractivity contribution in [3.05, 3.63) is 69.9 Å². The average molecular weight is 407 g/mol. The van der Waals surface area contributed by atoms with E-state index in [2.05, 4.69) is 15.3 Å². The van der Waals surface area contributed by atoms with Crippen molar-refractivity contribution in [3.8, 4) is 5.75 Å². The number of aryl methyl sites for hydroxylation is 1. The van der Waals surface area contributed by atoms with Crippen LogP contribution in [0.25, 0.3) is 0 Å². The van der Waals surface area contributed by atoms with Gasteiger partial charge in [-0.3, -0.25) is 9.78 Å². The van der Waals surface area contributed by atoms with Gasteiger partial charge in [0.1, 0.15) is 5.69 Å². The van der Waals surface area contributed by atoms with Gasteiger partial charge < -0.3 is 10.1 Å². The maximum Gasteiger partial charge on any atom is 0.418 e. The molecule has 144 valence electrons. The number of para-hydroxylation sites is 1. The molecule has 0 atom stereocenters. The summed E-state index contributed by atoms with van der Waals surface area (Å²) in [4.78, 5) is 32.2. The molecule has 28 heavy (non-hydrogen) atoms. The summed E-state index contributed by atoms with van der Waals surface area (Å²) in [6.07, 6.45) is -3.44. The van der Waals surface area contributed by atoms with Gasteiger partial charge >= 0.3 is 12.1 Å². The zero-order valence-electron chi connectivity index (χ0n) is 14.3. The van der Waals surface area contributed by atoms with Crippen molar-refractivity contribution in [2.45, 2.75) is 13.1 Å². The van der Waals surface area contributed by atoms with Gasteiger partial charge in [0.25, 0.3) is 5.91 Å². The van der Waals surface area contributed by atoms with E-state index in [-0.39, 0.29) is 11.4 Å². The molecule has 3 rings (SSSR count). The first-order valence-electron chi connectivity index (χ1n) is 7.81. The number of carbonyl (C=O) groups excluding carboxylic acids is 2. The summed E-state index contributed by atoms with van der Waals surface area (Å²) < 4.78 is 45.4. The maximum absolute atomic E-state index is 13.5. The smallest absolute Gasteiger partial charge is 0.418 e. The minimum atomic E-state index is -4.79. The molecule has 2 heterocycles. The van der Waals surface area contributed by atoms with Crippen LogP contribution in [-0.4, -0.2) is 21.8 Å². The Morgan fingerprint density at radius 2 is 1.93 bits per heavy atom. The second-order valence-electron chi connectivity index (χ2n) is 5.56. The maximum atomic E-state index is 13.5. The first-order chi connectivity index (χ1) is 13.3. The predicted octanol–water partition coefficient (Wildman–Crippen LogP) is 4.34. The number of carbonyl (C=O) groups is 2. The number of esters is 1. The van der Waals surface area contributed by atoms with Crippen molar-refractivity contribution in [2.24, 2.45) is 0 Å². The number of hydrogen-bond acceptors (Lipinski definition) is 6. The fourth-order valence-corrected chi connectivity index (χ4v) is 2.86. The third kappa shape index (κ3) is 4.17. The largest absolute Gasteiger partial charge is 0.420 e. The molecule has 0 unspecified atom stereocenters. The van der Waals surface area contributed by atoms with Gasteiger partial charge in [-0.2, -0.15) is 13.2 Å². The number of nitrogens with one attached hydrogen (secondary N) is 1. The van der Waals surface area contributed by atoms with Crippen molar-refractivity contribution in [1.82, 2.24) is 9.97 Å². The molecule has 3 aromatic rings. The van der Waals surface area contributed by atoms with Crippen molar-refractivity contribution >= 4 is 28.9 Å². The van der Waals surface area contributed by atoms with Crippen LogP contribution in [0.15, 0.2) is 47.4 Å². The molecular weight excluding hydrogens is 395 g/mol. The van der Waals surface area contributed by atoms with E-state index >= 15 is 0 Å². The van der Waals surface area contributed by atoms with Gasteiger partial charge in [0.15, 0.2) is 11.4 Å². The predicted molar refractivity (Wildman–Crippen MR) is 95.4 cm³/mol. The number of halogens is 3. The van der Waals surface area contributed by atoms with E-state index in [0.29, 0.717) is 5.56 Å². The number of rotatable bonds is 4. The standard InChI is InChI=1S/C18H12F3N3O3S/c1-10-4-3-7-22-14(10)16(25)24-15-11(18(19,20)21)5-2-6-13(15)27-17(26)12-8-28-9-23-12/h2-9H,1H3,(H,24,25). The summed E-state index contributed by atoms with van der Waals surface area (Å²) in [7, 11) is 0. The fraction of sp³-hybridized carbons (Fsp3) is 0.111. The molecule has 0 aliphatic heterocycles. The van der Waals surface area contributed by atoms with Gasteiger partial charge in [0.2, 0.25) is 0 Å². The Bertz CT molecular complexity index is 1020. The molecule has 0 saturated heterocycles. The number of ether oxygens (including phenoxy) is 1. The van der Waals surface area contributed by atoms with Crippen LogP contribution in [0.1, 0.15) is 32.1 Å². The Morgan fingerprint density at radius 3 is 2.57 bits per heavy atom. The third-order valence-corrected chi connectivity index (χ3v) is 4.23. The summed E-state index contributed by atoms with van der Waals surface area (Å²) >= 11 is 1.13. The van der Waals surface area contributed by atoms with E-state index < -0.39 is 35.1 Å². The van der Waals surface area contributed by atoms with Gasteiger partial charge in [-0.05, 0) is 30.7 Å². The highest BCUT2D eigenvalue weighted by atomic mass is 32.1. The zero-order valence-corrected chi connectivity index (χ0v) is 15.1. The van der Waals surface area contributed by atoms with Crippen molar-refractivity contribution in [2.75, 3.05) is 5.32 Å². The van der Waals surface area contributed by atoms with Crippen LogP contribution in [-0.2, 0) is 6.18 Å². The Balaban J connectivity index is 2.00. The van der Waals surface area contributed by atoms with E-state index in [1.807, 2.05) is 0 Å². The van der Waals surface area contributed by atoms with E-state index in [1.54, 1.807) is 19.1 Å². The average Bonchev–Trinajstić information content (AvgIpc) is 3.17. The Morgan fingerprint density at radius 1 is 1.14 bits per heavy atom. The molecule has 0 bridgehead atoms. The van der Waals surface area contributed by atoms with Crippen molar-refractivity contribution < 1.29 is 27.5 Å². The summed E-state index contributed by atoms with van der Waals surface area (Å²) in [6, 6.07) is 6.20. The molecular formula is C18H12F3N3O3S. The minimum Gasteiger partial charge on any atom is -0.420 e. The normalized spacial score (nSPS) is 11.1. The first-order valence-corrected chi connectivity index (χ1v) is 8.75. The van der Waals surface area contributed by atoms with Crippen LogP contribution >= 0.6 is 11.3 Å². The third-order valence-electron chi connectivity index (χ3n) is 3.64. The lowest BCUT2D eigenvalue weighted by atomic mass is 10.1. The van der Waals surface area contributed by atoms with E-state index in [1.165, 1.54) is 17.1 Å². The second-order valence-corrected chi connectivity index (χ2v) is 6.28. The van der Waals surface area contributed by atoms with Crippen LogP contribution in [0.5, 0.6) is 5.75 Å². The highest BCUT2D eigenvalue weighted by molar-refractivity contribution is 7.07. The SMILES string of the molecule is Cc1cccnc1C(=O)Nc1c(OC(=O)c2cscn2)cccc1C(F)(F)F. The van der Waals surface area contributed by atoms with E-state index in [9.17, 15) is 22.8 Å². The number of amides is 1. The van der Waals surface area contributed by atoms with Crippen LogP contribution in [0, 0.1) is 6.92 Å². The van der Waals surface area contributed by atoms with Gasteiger partial charge in [0, 0.05) is 11.6 Å². The van der Waals surface area contributed by atoms with Crippen LogP contribution in [0.2, 0.25) is 0 Å². The number of anilines is 1. The topological polar surface area (TPSA) is 81.2 Å². The van der Waals surface area contributed by atoms with Gasteiger partial charge in [-0.15, -0.1) is 11.3 Å². The van der Waals surface area contributed by atoms with Crippen molar-refractivity contribution in [1.29, 1.82) is 0 Å². The number of thiazole rings is 1. The number of hydrogen-bond donors (Lipinski definition) is 1. The number of alkyl halides is 3. The molecule has 6 nitrogen and oxygen atoms in total. The molecule has 0 spiro atoms. The summed E-state index contributed by atoms with van der Waals surface area (Å²) in [5.74, 6) is -2.25. The molecule has 2 aromatic heterocycles. The summed E-state index contributed by atoms with van der Waals surface area (Å²) in [5.41, 5.74) is -0.0661. The fourth-order valence-electron chi connectivity index (χ4n) is 2.34. The molecule has 1 amide bonds. The van der Waals surface area contributed by atoms with Crippen LogP contribution in [0.4, 0.5) is 18.9 Å². The lowest BCUT2D eigenvalue weighted by Crippen LogP contribution is -2.20. The van der Waals surface area contributed by atoms with E-state index in [4.69, 9.17) is 4.74 Å². The van der Waals surface area contributed by atoms with Crippen molar-refractivity contribution in [3.63, 3.8) is 0 Å². The minimum absolute atomic E-state index is 0.0451. The lowest BCUT2D eigenvalue weighted by Gasteiger charge is -2.17. The number of nitrogens with zero attached hydrogens (tertiary/aromatic N) is 2. The molecule has 0 aliphatic rings. The Labute approximate surface area is 161 Å².